The summed E-state index contributed by atoms with van der Waals surface area (Å²) in [5, 5.41) is 3.83. The van der Waals surface area contributed by atoms with Crippen molar-refractivity contribution in [1.29, 1.82) is 0 Å². The maximum atomic E-state index is 12.5. The molecule has 0 fully saturated rings. The van der Waals surface area contributed by atoms with E-state index in [1.807, 2.05) is 32.2 Å². The first-order valence-electron chi connectivity index (χ1n) is 8.21. The van der Waals surface area contributed by atoms with E-state index < -0.39 is 6.61 Å². The number of nitrogens with zero attached hydrogens (tertiary/aromatic N) is 1. The van der Waals surface area contributed by atoms with Gasteiger partial charge in [0, 0.05) is 35.9 Å². The molecule has 0 heterocycles. The number of anilines is 1. The molecular formula is C19H23ClF2N2O. The summed E-state index contributed by atoms with van der Waals surface area (Å²) in [4.78, 5) is 2.18. The highest BCUT2D eigenvalue weighted by molar-refractivity contribution is 6.30. The van der Waals surface area contributed by atoms with Crippen LogP contribution in [0.2, 0.25) is 5.02 Å². The molecule has 25 heavy (non-hydrogen) atoms. The molecule has 0 aliphatic rings. The smallest absolute Gasteiger partial charge is 0.387 e. The van der Waals surface area contributed by atoms with Gasteiger partial charge in [-0.05, 0) is 50.2 Å². The highest BCUT2D eigenvalue weighted by Gasteiger charge is 2.15. The molecule has 0 bridgehead atoms. The van der Waals surface area contributed by atoms with E-state index in [1.165, 1.54) is 6.07 Å². The van der Waals surface area contributed by atoms with Gasteiger partial charge in [-0.1, -0.05) is 29.8 Å². The Morgan fingerprint density at radius 1 is 1.16 bits per heavy atom. The molecule has 0 aliphatic carbocycles. The summed E-state index contributed by atoms with van der Waals surface area (Å²) < 4.78 is 29.7. The Morgan fingerprint density at radius 2 is 1.88 bits per heavy atom. The highest BCUT2D eigenvalue weighted by atomic mass is 35.5. The van der Waals surface area contributed by atoms with Crippen molar-refractivity contribution in [2.75, 3.05) is 25.0 Å². The molecule has 0 spiro atoms. The maximum absolute atomic E-state index is 12.5. The zero-order chi connectivity index (χ0) is 18.2. The Bertz CT molecular complexity index is 655. The van der Waals surface area contributed by atoms with E-state index in [-0.39, 0.29) is 11.8 Å². The summed E-state index contributed by atoms with van der Waals surface area (Å²) in [7, 11) is 2.05. The molecule has 1 N–H and O–H groups in total. The first kappa shape index (κ1) is 19.5. The van der Waals surface area contributed by atoms with E-state index in [2.05, 4.69) is 27.1 Å². The lowest BCUT2D eigenvalue weighted by Gasteiger charge is -2.21. The summed E-state index contributed by atoms with van der Waals surface area (Å²) in [6.07, 6.45) is 0.918. The lowest BCUT2D eigenvalue weighted by Crippen LogP contribution is -2.26. The van der Waals surface area contributed by atoms with Gasteiger partial charge in [0.05, 0.1) is 0 Å². The lowest BCUT2D eigenvalue weighted by atomic mass is 10.1. The van der Waals surface area contributed by atoms with E-state index >= 15 is 0 Å². The van der Waals surface area contributed by atoms with Crippen LogP contribution in [0.4, 0.5) is 14.5 Å². The molecule has 136 valence electrons. The molecule has 0 amide bonds. The lowest BCUT2D eigenvalue weighted by molar-refractivity contribution is -0.0506. The zero-order valence-corrected chi connectivity index (χ0v) is 15.1. The minimum absolute atomic E-state index is 0.144. The highest BCUT2D eigenvalue weighted by Crippen LogP contribution is 2.29. The average molecular weight is 369 g/mol. The Morgan fingerprint density at radius 3 is 2.56 bits per heavy atom. The van der Waals surface area contributed by atoms with Gasteiger partial charge in [0.25, 0.3) is 0 Å². The van der Waals surface area contributed by atoms with Gasteiger partial charge in [-0.3, -0.25) is 0 Å². The Kier molecular flexibility index (Phi) is 7.47. The predicted molar refractivity (Wildman–Crippen MR) is 98.8 cm³/mol. The summed E-state index contributed by atoms with van der Waals surface area (Å²) in [6, 6.07) is 14.7. The van der Waals surface area contributed by atoms with Gasteiger partial charge < -0.3 is 15.0 Å². The minimum atomic E-state index is -2.85. The van der Waals surface area contributed by atoms with E-state index in [9.17, 15) is 8.78 Å². The Balaban J connectivity index is 1.86. The van der Waals surface area contributed by atoms with Crippen LogP contribution in [0.5, 0.6) is 5.75 Å². The normalized spacial score (nSPS) is 12.2. The Labute approximate surface area is 152 Å². The summed E-state index contributed by atoms with van der Waals surface area (Å²) in [6.45, 7) is 0.690. The topological polar surface area (TPSA) is 24.5 Å². The molecule has 1 unspecified atom stereocenters. The second-order valence-corrected chi connectivity index (χ2v) is 6.28. The van der Waals surface area contributed by atoms with Gasteiger partial charge in [0.1, 0.15) is 5.75 Å². The molecular weight excluding hydrogens is 346 g/mol. The molecule has 2 aromatic carbocycles. The van der Waals surface area contributed by atoms with Gasteiger partial charge in [0.15, 0.2) is 0 Å². The second-order valence-electron chi connectivity index (χ2n) is 5.85. The zero-order valence-electron chi connectivity index (χ0n) is 14.4. The molecule has 0 radical (unpaired) electrons. The number of nitrogens with one attached hydrogen (secondary N) is 1. The van der Waals surface area contributed by atoms with Crippen LogP contribution in [-0.2, 0) is 0 Å². The van der Waals surface area contributed by atoms with Crippen LogP contribution in [0.15, 0.2) is 48.5 Å². The Hall–Kier alpha value is -1.85. The van der Waals surface area contributed by atoms with E-state index in [0.29, 0.717) is 10.6 Å². The first-order valence-corrected chi connectivity index (χ1v) is 8.59. The van der Waals surface area contributed by atoms with Crippen molar-refractivity contribution in [2.24, 2.45) is 0 Å². The van der Waals surface area contributed by atoms with Crippen molar-refractivity contribution >= 4 is 17.3 Å². The van der Waals surface area contributed by atoms with Crippen molar-refractivity contribution in [3.8, 4) is 5.75 Å². The molecule has 0 aromatic heterocycles. The third-order valence-corrected chi connectivity index (χ3v) is 4.21. The number of rotatable bonds is 9. The molecule has 6 heteroatoms. The van der Waals surface area contributed by atoms with Crippen LogP contribution in [0.1, 0.15) is 24.9 Å². The van der Waals surface area contributed by atoms with Gasteiger partial charge in [-0.25, -0.2) is 0 Å². The number of alkyl halides is 2. The third-order valence-electron chi connectivity index (χ3n) is 3.97. The minimum Gasteiger partial charge on any atom is -0.434 e. The molecule has 2 rings (SSSR count). The standard InChI is InChI=1S/C19H23ClF2N2O/c1-14(17-13-15(20)9-10-18(17)25-19(21)22)23-11-6-12-24(2)16-7-4-3-5-8-16/h3-5,7-10,13-14,19,23H,6,11-12H2,1-2H3. The van der Waals surface area contributed by atoms with Gasteiger partial charge in [0.2, 0.25) is 0 Å². The van der Waals surface area contributed by atoms with Crippen molar-refractivity contribution in [3.05, 3.63) is 59.1 Å². The predicted octanol–water partition coefficient (Wildman–Crippen LogP) is 5.12. The fraction of sp³-hybridized carbons (Fsp3) is 0.368. The van der Waals surface area contributed by atoms with Crippen LogP contribution >= 0.6 is 11.6 Å². The van der Waals surface area contributed by atoms with Crippen LogP contribution in [0.25, 0.3) is 0 Å². The molecule has 0 saturated carbocycles. The molecule has 0 aliphatic heterocycles. The second kappa shape index (κ2) is 9.59. The van der Waals surface area contributed by atoms with Gasteiger partial charge >= 0.3 is 6.61 Å². The van der Waals surface area contributed by atoms with Gasteiger partial charge in [-0.15, -0.1) is 0 Å². The summed E-state index contributed by atoms with van der Waals surface area (Å²) in [5.41, 5.74) is 1.79. The van der Waals surface area contributed by atoms with E-state index in [1.54, 1.807) is 12.1 Å². The first-order chi connectivity index (χ1) is 12.0. The van der Waals surface area contributed by atoms with Crippen molar-refractivity contribution in [2.45, 2.75) is 26.0 Å². The SMILES string of the molecule is CC(NCCCN(C)c1ccccc1)c1cc(Cl)ccc1OC(F)F. The fourth-order valence-corrected chi connectivity index (χ4v) is 2.80. The largest absolute Gasteiger partial charge is 0.434 e. The monoisotopic (exact) mass is 368 g/mol. The van der Waals surface area contributed by atoms with Crippen LogP contribution in [0.3, 0.4) is 0 Å². The molecule has 3 nitrogen and oxygen atoms in total. The summed E-state index contributed by atoms with van der Waals surface area (Å²) >= 11 is 5.99. The van der Waals surface area contributed by atoms with E-state index in [0.717, 1.165) is 25.2 Å². The van der Waals surface area contributed by atoms with Crippen molar-refractivity contribution in [1.82, 2.24) is 5.32 Å². The van der Waals surface area contributed by atoms with E-state index in [4.69, 9.17) is 11.6 Å². The number of ether oxygens (including phenoxy) is 1. The number of benzene rings is 2. The van der Waals surface area contributed by atoms with Crippen LogP contribution in [0, 0.1) is 0 Å². The number of hydrogen-bond donors (Lipinski definition) is 1. The van der Waals surface area contributed by atoms with Crippen LogP contribution in [-0.4, -0.2) is 26.7 Å². The maximum Gasteiger partial charge on any atom is 0.387 e. The van der Waals surface area contributed by atoms with Crippen molar-refractivity contribution < 1.29 is 13.5 Å². The molecule has 1 atom stereocenters. The van der Waals surface area contributed by atoms with Gasteiger partial charge in [-0.2, -0.15) is 8.78 Å². The van der Waals surface area contributed by atoms with Crippen molar-refractivity contribution in [3.63, 3.8) is 0 Å². The number of hydrogen-bond acceptors (Lipinski definition) is 3. The quantitative estimate of drug-likeness (QED) is 0.622. The summed E-state index contributed by atoms with van der Waals surface area (Å²) in [5.74, 6) is 0.154. The van der Waals surface area contributed by atoms with Crippen LogP contribution < -0.4 is 15.0 Å². The molecule has 0 saturated heterocycles. The third kappa shape index (κ3) is 6.18. The molecule has 2 aromatic rings. The fourth-order valence-electron chi connectivity index (χ4n) is 2.62. The number of para-hydroxylation sites is 1. The average Bonchev–Trinajstić information content (AvgIpc) is 2.60. The number of halogens is 3.